The molecule has 1 aromatic heterocycles. The minimum absolute atomic E-state index is 0.127. The quantitative estimate of drug-likeness (QED) is 0.908. The minimum atomic E-state index is -0.189. The van der Waals surface area contributed by atoms with Gasteiger partial charge in [-0.3, -0.25) is 9.97 Å². The molecule has 0 aliphatic carbocycles. The third kappa shape index (κ3) is 3.39. The molecule has 1 atom stereocenters. The fourth-order valence-corrected chi connectivity index (χ4v) is 2.02. The fourth-order valence-electron chi connectivity index (χ4n) is 2.02. The number of nitrogens with zero attached hydrogens (tertiary/aromatic N) is 2. The van der Waals surface area contributed by atoms with Crippen LogP contribution >= 0.6 is 0 Å². The van der Waals surface area contributed by atoms with E-state index in [0.717, 1.165) is 29.9 Å². The van der Waals surface area contributed by atoms with Crippen LogP contribution < -0.4 is 5.32 Å². The maximum absolute atomic E-state index is 13.8. The first-order valence-electron chi connectivity index (χ1n) is 6.89. The van der Waals surface area contributed by atoms with Crippen molar-refractivity contribution in [3.8, 4) is 0 Å². The summed E-state index contributed by atoms with van der Waals surface area (Å²) in [7, 11) is 0. The molecule has 0 radical (unpaired) electrons. The molecule has 0 amide bonds. The summed E-state index contributed by atoms with van der Waals surface area (Å²) in [5.41, 5.74) is 3.21. The molecule has 1 unspecified atom stereocenters. The van der Waals surface area contributed by atoms with E-state index in [1.807, 2.05) is 13.0 Å². The highest BCUT2D eigenvalue weighted by Crippen LogP contribution is 2.22. The maximum atomic E-state index is 13.8. The number of nitrogens with one attached hydrogen (secondary N) is 1. The Bertz CT molecular complexity index is 566. The van der Waals surface area contributed by atoms with E-state index in [1.54, 1.807) is 31.5 Å². The van der Waals surface area contributed by atoms with Gasteiger partial charge in [0.05, 0.1) is 23.6 Å². The Kier molecular flexibility index (Phi) is 4.79. The summed E-state index contributed by atoms with van der Waals surface area (Å²) in [6, 6.07) is 5.18. The van der Waals surface area contributed by atoms with Gasteiger partial charge in [-0.05, 0) is 44.0 Å². The number of hydrogen-bond donors (Lipinski definition) is 1. The second-order valence-electron chi connectivity index (χ2n) is 4.98. The molecular weight excluding hydrogens is 253 g/mol. The molecular formula is C16H20FN3. The summed E-state index contributed by atoms with van der Waals surface area (Å²) in [4.78, 5) is 8.69. The standard InChI is InChI=1S/C16H20FN3/c1-4-7-18-16(15-10-19-12(3)9-20-15)13-6-5-11(2)14(17)8-13/h5-6,8-10,16,18H,4,7H2,1-3H3. The molecule has 1 N–H and O–H groups in total. The van der Waals surface area contributed by atoms with Crippen LogP contribution in [-0.2, 0) is 0 Å². The average molecular weight is 273 g/mol. The van der Waals surface area contributed by atoms with Crippen LogP contribution in [0.1, 0.15) is 41.9 Å². The maximum Gasteiger partial charge on any atom is 0.126 e. The summed E-state index contributed by atoms with van der Waals surface area (Å²) in [5.74, 6) is -0.189. The van der Waals surface area contributed by atoms with E-state index >= 15 is 0 Å². The van der Waals surface area contributed by atoms with Crippen LogP contribution in [0.5, 0.6) is 0 Å². The summed E-state index contributed by atoms with van der Waals surface area (Å²) < 4.78 is 13.8. The van der Waals surface area contributed by atoms with Crippen LogP contribution in [0, 0.1) is 19.7 Å². The molecule has 4 heteroatoms. The van der Waals surface area contributed by atoms with Crippen molar-refractivity contribution in [3.05, 3.63) is 58.9 Å². The highest BCUT2D eigenvalue weighted by molar-refractivity contribution is 5.30. The van der Waals surface area contributed by atoms with Crippen LogP contribution in [0.25, 0.3) is 0 Å². The fraction of sp³-hybridized carbons (Fsp3) is 0.375. The third-order valence-corrected chi connectivity index (χ3v) is 3.22. The van der Waals surface area contributed by atoms with Gasteiger partial charge >= 0.3 is 0 Å². The summed E-state index contributed by atoms with van der Waals surface area (Å²) in [6.45, 7) is 6.60. The lowest BCUT2D eigenvalue weighted by atomic mass is 10.0. The van der Waals surface area contributed by atoms with Crippen molar-refractivity contribution < 1.29 is 4.39 Å². The van der Waals surface area contributed by atoms with Crippen molar-refractivity contribution in [2.75, 3.05) is 6.54 Å². The Hall–Kier alpha value is -1.81. The number of halogens is 1. The molecule has 20 heavy (non-hydrogen) atoms. The monoisotopic (exact) mass is 273 g/mol. The first-order chi connectivity index (χ1) is 9.61. The highest BCUT2D eigenvalue weighted by Gasteiger charge is 2.16. The van der Waals surface area contributed by atoms with E-state index in [0.29, 0.717) is 5.56 Å². The minimum Gasteiger partial charge on any atom is -0.305 e. The molecule has 0 spiro atoms. The Labute approximate surface area is 119 Å². The molecule has 0 aliphatic heterocycles. The zero-order chi connectivity index (χ0) is 14.5. The summed E-state index contributed by atoms with van der Waals surface area (Å²) >= 11 is 0. The van der Waals surface area contributed by atoms with Crippen molar-refractivity contribution >= 4 is 0 Å². The molecule has 106 valence electrons. The van der Waals surface area contributed by atoms with Crippen molar-refractivity contribution in [1.29, 1.82) is 0 Å². The van der Waals surface area contributed by atoms with Gasteiger partial charge in [-0.15, -0.1) is 0 Å². The first kappa shape index (κ1) is 14.6. The van der Waals surface area contributed by atoms with Crippen LogP contribution in [-0.4, -0.2) is 16.5 Å². The van der Waals surface area contributed by atoms with E-state index < -0.39 is 0 Å². The molecule has 2 aromatic rings. The third-order valence-electron chi connectivity index (χ3n) is 3.22. The van der Waals surface area contributed by atoms with Gasteiger partial charge in [-0.2, -0.15) is 0 Å². The van der Waals surface area contributed by atoms with Crippen molar-refractivity contribution in [3.63, 3.8) is 0 Å². The first-order valence-corrected chi connectivity index (χ1v) is 6.89. The molecule has 0 fully saturated rings. The molecule has 1 heterocycles. The molecule has 0 saturated carbocycles. The van der Waals surface area contributed by atoms with Gasteiger partial charge < -0.3 is 5.32 Å². The number of hydrogen-bond acceptors (Lipinski definition) is 3. The van der Waals surface area contributed by atoms with Crippen LogP contribution in [0.15, 0.2) is 30.6 Å². The van der Waals surface area contributed by atoms with Gasteiger partial charge in [0.2, 0.25) is 0 Å². The van der Waals surface area contributed by atoms with Gasteiger partial charge in [0.25, 0.3) is 0 Å². The average Bonchev–Trinajstić information content (AvgIpc) is 2.45. The van der Waals surface area contributed by atoms with E-state index in [-0.39, 0.29) is 11.9 Å². The second kappa shape index (κ2) is 6.57. The van der Waals surface area contributed by atoms with Gasteiger partial charge in [-0.25, -0.2) is 4.39 Å². The van der Waals surface area contributed by atoms with Gasteiger partial charge in [-0.1, -0.05) is 19.1 Å². The number of aromatic nitrogens is 2. The molecule has 0 saturated heterocycles. The zero-order valence-electron chi connectivity index (χ0n) is 12.2. The number of aryl methyl sites for hydroxylation is 2. The largest absolute Gasteiger partial charge is 0.305 e. The number of rotatable bonds is 5. The highest BCUT2D eigenvalue weighted by atomic mass is 19.1. The number of benzene rings is 1. The van der Waals surface area contributed by atoms with Gasteiger partial charge in [0.1, 0.15) is 5.82 Å². The van der Waals surface area contributed by atoms with Gasteiger partial charge in [0, 0.05) is 6.20 Å². The van der Waals surface area contributed by atoms with E-state index in [9.17, 15) is 4.39 Å². The normalized spacial score (nSPS) is 12.4. The molecule has 1 aromatic carbocycles. The predicted molar refractivity (Wildman–Crippen MR) is 78.0 cm³/mol. The van der Waals surface area contributed by atoms with E-state index in [1.165, 1.54) is 0 Å². The van der Waals surface area contributed by atoms with Crippen LogP contribution in [0.2, 0.25) is 0 Å². The molecule has 0 aliphatic rings. The van der Waals surface area contributed by atoms with Crippen LogP contribution in [0.3, 0.4) is 0 Å². The van der Waals surface area contributed by atoms with Crippen molar-refractivity contribution in [2.45, 2.75) is 33.2 Å². The molecule has 3 nitrogen and oxygen atoms in total. The zero-order valence-corrected chi connectivity index (χ0v) is 12.2. The van der Waals surface area contributed by atoms with Crippen molar-refractivity contribution in [2.24, 2.45) is 0 Å². The Balaban J connectivity index is 2.35. The Morgan fingerprint density at radius 2 is 2.00 bits per heavy atom. The van der Waals surface area contributed by atoms with Crippen molar-refractivity contribution in [1.82, 2.24) is 15.3 Å². The topological polar surface area (TPSA) is 37.8 Å². The Morgan fingerprint density at radius 1 is 1.20 bits per heavy atom. The molecule has 2 rings (SSSR count). The summed E-state index contributed by atoms with van der Waals surface area (Å²) in [6.07, 6.45) is 4.49. The Morgan fingerprint density at radius 3 is 2.60 bits per heavy atom. The lowest BCUT2D eigenvalue weighted by Crippen LogP contribution is -2.24. The molecule has 0 bridgehead atoms. The lowest BCUT2D eigenvalue weighted by molar-refractivity contribution is 0.572. The predicted octanol–water partition coefficient (Wildman–Crippen LogP) is 3.32. The summed E-state index contributed by atoms with van der Waals surface area (Å²) in [5, 5.41) is 3.40. The van der Waals surface area contributed by atoms with E-state index in [2.05, 4.69) is 22.2 Å². The lowest BCUT2D eigenvalue weighted by Gasteiger charge is -2.18. The second-order valence-corrected chi connectivity index (χ2v) is 4.98. The SMILES string of the molecule is CCCNC(c1ccc(C)c(F)c1)c1cnc(C)cn1. The van der Waals surface area contributed by atoms with Crippen LogP contribution in [0.4, 0.5) is 4.39 Å². The van der Waals surface area contributed by atoms with E-state index in [4.69, 9.17) is 0 Å². The smallest absolute Gasteiger partial charge is 0.126 e. The van der Waals surface area contributed by atoms with Gasteiger partial charge in [0.15, 0.2) is 0 Å².